The van der Waals surface area contributed by atoms with Gasteiger partial charge in [-0.25, -0.2) is 0 Å². The molecule has 1 saturated heterocycles. The van der Waals surface area contributed by atoms with Crippen LogP contribution in [0.4, 0.5) is 0 Å². The van der Waals surface area contributed by atoms with E-state index in [0.717, 1.165) is 12.5 Å². The van der Waals surface area contributed by atoms with E-state index in [1.807, 2.05) is 11.3 Å². The highest BCUT2D eigenvalue weighted by molar-refractivity contribution is 7.99. The van der Waals surface area contributed by atoms with E-state index in [4.69, 9.17) is 0 Å². The molecule has 0 spiro atoms. The lowest BCUT2D eigenvalue weighted by Crippen LogP contribution is -2.28. The molecule has 0 amide bonds. The van der Waals surface area contributed by atoms with E-state index in [0.29, 0.717) is 11.3 Å². The van der Waals surface area contributed by atoms with Gasteiger partial charge in [-0.2, -0.15) is 11.8 Å². The molecule has 1 aromatic heterocycles. The maximum Gasteiger partial charge on any atom is 0.0532 e. The first-order valence-electron chi connectivity index (χ1n) is 5.15. The predicted octanol–water partition coefficient (Wildman–Crippen LogP) is 3.15. The third kappa shape index (κ3) is 2.33. The molecule has 3 unspecified atom stereocenters. The van der Waals surface area contributed by atoms with Crippen LogP contribution >= 0.6 is 23.1 Å². The number of thiophene rings is 1. The van der Waals surface area contributed by atoms with Gasteiger partial charge in [-0.1, -0.05) is 19.9 Å². The van der Waals surface area contributed by atoms with E-state index in [1.54, 1.807) is 0 Å². The third-order valence-electron chi connectivity index (χ3n) is 2.65. The molecule has 0 saturated carbocycles. The molecule has 1 aliphatic heterocycles. The first-order chi connectivity index (χ1) is 6.77. The van der Waals surface area contributed by atoms with Gasteiger partial charge in [-0.05, 0) is 29.7 Å². The maximum atomic E-state index is 3.67. The van der Waals surface area contributed by atoms with E-state index in [9.17, 15) is 0 Å². The van der Waals surface area contributed by atoms with Gasteiger partial charge >= 0.3 is 0 Å². The summed E-state index contributed by atoms with van der Waals surface area (Å²) in [5, 5.41) is 6.54. The fourth-order valence-corrected chi connectivity index (χ4v) is 3.94. The molecular formula is C11H17NS2. The summed E-state index contributed by atoms with van der Waals surface area (Å²) in [6.45, 7) is 5.81. The second-order valence-electron chi connectivity index (χ2n) is 4.04. The van der Waals surface area contributed by atoms with E-state index in [-0.39, 0.29) is 0 Å². The Kier molecular flexibility index (Phi) is 3.52. The van der Waals surface area contributed by atoms with Gasteiger partial charge in [0.2, 0.25) is 0 Å². The van der Waals surface area contributed by atoms with Crippen LogP contribution in [-0.4, -0.2) is 17.5 Å². The topological polar surface area (TPSA) is 12.0 Å². The Labute approximate surface area is 94.3 Å². The monoisotopic (exact) mass is 227 g/mol. The van der Waals surface area contributed by atoms with Crippen molar-refractivity contribution in [3.8, 4) is 0 Å². The number of hydrogen-bond acceptors (Lipinski definition) is 3. The minimum Gasteiger partial charge on any atom is -0.308 e. The highest BCUT2D eigenvalue weighted by Crippen LogP contribution is 2.32. The average molecular weight is 227 g/mol. The van der Waals surface area contributed by atoms with Gasteiger partial charge in [0, 0.05) is 10.1 Å². The average Bonchev–Trinajstić information content (AvgIpc) is 2.63. The van der Waals surface area contributed by atoms with Gasteiger partial charge in [0.1, 0.15) is 0 Å². The molecule has 78 valence electrons. The molecule has 0 aromatic carbocycles. The van der Waals surface area contributed by atoms with Crippen LogP contribution in [0.25, 0.3) is 0 Å². The van der Waals surface area contributed by atoms with Crippen LogP contribution in [0.3, 0.4) is 0 Å². The Hall–Kier alpha value is 0.01000. The zero-order valence-electron chi connectivity index (χ0n) is 8.69. The highest BCUT2D eigenvalue weighted by Gasteiger charge is 2.24. The Morgan fingerprint density at radius 2 is 2.29 bits per heavy atom. The fraction of sp³-hybridized carbons (Fsp3) is 0.636. The standard InChI is InChI=1S/C11H17NS2/c1-8-6-12-11(9(2)14-7-8)10-4-3-5-13-10/h3-5,8-9,11-12H,6-7H2,1-2H3. The van der Waals surface area contributed by atoms with Crippen molar-refractivity contribution in [2.75, 3.05) is 12.3 Å². The van der Waals surface area contributed by atoms with Gasteiger partial charge in [0.05, 0.1) is 6.04 Å². The SMILES string of the molecule is CC1CNC(c2cccs2)C(C)SC1. The maximum absolute atomic E-state index is 3.67. The van der Waals surface area contributed by atoms with Gasteiger partial charge < -0.3 is 5.32 Å². The summed E-state index contributed by atoms with van der Waals surface area (Å²) < 4.78 is 0. The number of hydrogen-bond donors (Lipinski definition) is 1. The number of thioether (sulfide) groups is 1. The molecule has 3 heteroatoms. The molecule has 1 aromatic rings. The molecule has 1 nitrogen and oxygen atoms in total. The summed E-state index contributed by atoms with van der Waals surface area (Å²) in [6.07, 6.45) is 0. The van der Waals surface area contributed by atoms with Crippen LogP contribution in [0.2, 0.25) is 0 Å². The van der Waals surface area contributed by atoms with E-state index >= 15 is 0 Å². The second kappa shape index (κ2) is 4.69. The van der Waals surface area contributed by atoms with Crippen molar-refractivity contribution in [3.63, 3.8) is 0 Å². The zero-order chi connectivity index (χ0) is 9.97. The quantitative estimate of drug-likeness (QED) is 0.791. The van der Waals surface area contributed by atoms with E-state index in [2.05, 4.69) is 48.4 Å². The normalized spacial score (nSPS) is 34.0. The van der Waals surface area contributed by atoms with Crippen molar-refractivity contribution in [3.05, 3.63) is 22.4 Å². The molecule has 1 fully saturated rings. The van der Waals surface area contributed by atoms with Crippen LogP contribution in [0.5, 0.6) is 0 Å². The van der Waals surface area contributed by atoms with Crippen LogP contribution in [0, 0.1) is 5.92 Å². The van der Waals surface area contributed by atoms with E-state index < -0.39 is 0 Å². The summed E-state index contributed by atoms with van der Waals surface area (Å²) in [6, 6.07) is 4.95. The molecule has 0 bridgehead atoms. The molecule has 1 N–H and O–H groups in total. The number of nitrogens with one attached hydrogen (secondary N) is 1. The Morgan fingerprint density at radius 3 is 3.00 bits per heavy atom. The van der Waals surface area contributed by atoms with Crippen LogP contribution in [0.1, 0.15) is 24.8 Å². The van der Waals surface area contributed by atoms with Crippen molar-refractivity contribution in [1.29, 1.82) is 0 Å². The van der Waals surface area contributed by atoms with Gasteiger partial charge in [0.15, 0.2) is 0 Å². The lowest BCUT2D eigenvalue weighted by molar-refractivity contribution is 0.495. The van der Waals surface area contributed by atoms with Crippen LogP contribution < -0.4 is 5.32 Å². The largest absolute Gasteiger partial charge is 0.308 e. The van der Waals surface area contributed by atoms with Crippen LogP contribution in [-0.2, 0) is 0 Å². The molecule has 3 atom stereocenters. The molecule has 14 heavy (non-hydrogen) atoms. The zero-order valence-corrected chi connectivity index (χ0v) is 10.3. The van der Waals surface area contributed by atoms with Gasteiger partial charge in [-0.15, -0.1) is 11.3 Å². The first-order valence-corrected chi connectivity index (χ1v) is 7.08. The summed E-state index contributed by atoms with van der Waals surface area (Å²) in [5.74, 6) is 2.09. The molecule has 0 radical (unpaired) electrons. The first kappa shape index (κ1) is 10.5. The highest BCUT2D eigenvalue weighted by atomic mass is 32.2. The molecule has 2 heterocycles. The van der Waals surface area contributed by atoms with E-state index in [1.165, 1.54) is 10.6 Å². The Bertz CT molecular complexity index is 271. The summed E-state index contributed by atoms with van der Waals surface area (Å²) in [5.41, 5.74) is 0. The van der Waals surface area contributed by atoms with Crippen molar-refractivity contribution < 1.29 is 0 Å². The number of rotatable bonds is 1. The van der Waals surface area contributed by atoms with Crippen LogP contribution in [0.15, 0.2) is 17.5 Å². The summed E-state index contributed by atoms with van der Waals surface area (Å²) in [4.78, 5) is 1.49. The lowest BCUT2D eigenvalue weighted by atomic mass is 10.1. The fourth-order valence-electron chi connectivity index (χ4n) is 1.77. The Balaban J connectivity index is 2.10. The molecule has 0 aliphatic carbocycles. The predicted molar refractivity (Wildman–Crippen MR) is 66.1 cm³/mol. The smallest absolute Gasteiger partial charge is 0.0532 e. The second-order valence-corrected chi connectivity index (χ2v) is 6.43. The van der Waals surface area contributed by atoms with Crippen molar-refractivity contribution >= 4 is 23.1 Å². The minimum atomic E-state index is 0.560. The summed E-state index contributed by atoms with van der Waals surface area (Å²) >= 11 is 3.97. The lowest BCUT2D eigenvalue weighted by Gasteiger charge is -2.20. The minimum absolute atomic E-state index is 0.560. The third-order valence-corrected chi connectivity index (χ3v) is 5.16. The van der Waals surface area contributed by atoms with Gasteiger partial charge in [-0.3, -0.25) is 0 Å². The Morgan fingerprint density at radius 1 is 1.43 bits per heavy atom. The molecule has 1 aliphatic rings. The van der Waals surface area contributed by atoms with Crippen molar-refractivity contribution in [2.24, 2.45) is 5.92 Å². The van der Waals surface area contributed by atoms with Gasteiger partial charge in [0.25, 0.3) is 0 Å². The summed E-state index contributed by atoms with van der Waals surface area (Å²) in [7, 11) is 0. The molecule has 2 rings (SSSR count). The molecular weight excluding hydrogens is 210 g/mol. The van der Waals surface area contributed by atoms with Crippen molar-refractivity contribution in [2.45, 2.75) is 25.1 Å². The van der Waals surface area contributed by atoms with Crippen molar-refractivity contribution in [1.82, 2.24) is 5.32 Å².